The van der Waals surface area contributed by atoms with Crippen LogP contribution < -0.4 is 20.7 Å². The molecule has 0 radical (unpaired) electrons. The standard InChI is InChI=1S/C22H27N3O3S/c1-4-5-14-28-19-9-7-6-8-18(19)21(27)25-22(29)24-17-12-10-16(11-13-17)20(26)23-15(2)3/h6-13,15H,4-5,14H2,1-3H3,(H,23,26)(H2,24,25,27,29). The van der Waals surface area contributed by atoms with Crippen molar-refractivity contribution in [2.24, 2.45) is 0 Å². The minimum Gasteiger partial charge on any atom is -0.493 e. The highest BCUT2D eigenvalue weighted by molar-refractivity contribution is 7.80. The van der Waals surface area contributed by atoms with Gasteiger partial charge in [0.15, 0.2) is 5.11 Å². The Bertz CT molecular complexity index is 851. The zero-order valence-corrected chi connectivity index (χ0v) is 17.8. The van der Waals surface area contributed by atoms with E-state index in [1.165, 1.54) is 0 Å². The van der Waals surface area contributed by atoms with Crippen LogP contribution in [0, 0.1) is 0 Å². The van der Waals surface area contributed by atoms with Crippen LogP contribution in [-0.4, -0.2) is 29.6 Å². The number of hydrogen-bond donors (Lipinski definition) is 3. The predicted octanol–water partition coefficient (Wildman–Crippen LogP) is 4.13. The molecule has 0 fully saturated rings. The van der Waals surface area contributed by atoms with Crippen LogP contribution in [0.2, 0.25) is 0 Å². The summed E-state index contributed by atoms with van der Waals surface area (Å²) in [4.78, 5) is 24.6. The monoisotopic (exact) mass is 413 g/mol. The third-order valence-electron chi connectivity index (χ3n) is 3.94. The number of anilines is 1. The second-order valence-corrected chi connectivity index (χ2v) is 7.22. The lowest BCUT2D eigenvalue weighted by molar-refractivity contribution is 0.0941. The van der Waals surface area contributed by atoms with Crippen molar-refractivity contribution in [2.75, 3.05) is 11.9 Å². The van der Waals surface area contributed by atoms with Gasteiger partial charge in [0.05, 0.1) is 12.2 Å². The molecular formula is C22H27N3O3S. The van der Waals surface area contributed by atoms with E-state index in [2.05, 4.69) is 22.9 Å². The Hall–Kier alpha value is -2.93. The largest absolute Gasteiger partial charge is 0.493 e. The number of para-hydroxylation sites is 1. The molecule has 0 heterocycles. The molecule has 0 aromatic heterocycles. The number of carbonyl (C=O) groups is 2. The summed E-state index contributed by atoms with van der Waals surface area (Å²) in [6.45, 7) is 6.44. The van der Waals surface area contributed by atoms with Crippen molar-refractivity contribution in [3.8, 4) is 5.75 Å². The Morgan fingerprint density at radius 1 is 1.03 bits per heavy atom. The van der Waals surface area contributed by atoms with Crippen molar-refractivity contribution in [3.63, 3.8) is 0 Å². The van der Waals surface area contributed by atoms with Crippen LogP contribution in [0.1, 0.15) is 54.3 Å². The Kier molecular flexibility index (Phi) is 8.61. The van der Waals surface area contributed by atoms with E-state index < -0.39 is 0 Å². The van der Waals surface area contributed by atoms with Gasteiger partial charge in [-0.05, 0) is 68.9 Å². The van der Waals surface area contributed by atoms with Gasteiger partial charge < -0.3 is 15.4 Å². The van der Waals surface area contributed by atoms with Gasteiger partial charge in [0, 0.05) is 17.3 Å². The maximum absolute atomic E-state index is 12.6. The van der Waals surface area contributed by atoms with E-state index in [1.807, 2.05) is 19.9 Å². The molecule has 0 atom stereocenters. The first-order valence-corrected chi connectivity index (χ1v) is 10.1. The van der Waals surface area contributed by atoms with E-state index in [9.17, 15) is 9.59 Å². The summed E-state index contributed by atoms with van der Waals surface area (Å²) in [7, 11) is 0. The van der Waals surface area contributed by atoms with Gasteiger partial charge in [-0.3, -0.25) is 14.9 Å². The summed E-state index contributed by atoms with van der Waals surface area (Å²) >= 11 is 5.24. The SMILES string of the molecule is CCCCOc1ccccc1C(=O)NC(=S)Nc1ccc(C(=O)NC(C)C)cc1. The number of ether oxygens (including phenoxy) is 1. The average Bonchev–Trinajstić information content (AvgIpc) is 2.68. The molecule has 2 amide bonds. The number of rotatable bonds is 8. The molecule has 3 N–H and O–H groups in total. The van der Waals surface area contributed by atoms with Crippen molar-refractivity contribution in [2.45, 2.75) is 39.7 Å². The highest BCUT2D eigenvalue weighted by atomic mass is 32.1. The molecule has 0 spiro atoms. The smallest absolute Gasteiger partial charge is 0.261 e. The maximum Gasteiger partial charge on any atom is 0.261 e. The molecule has 2 aromatic carbocycles. The van der Waals surface area contributed by atoms with Crippen LogP contribution in [0.15, 0.2) is 48.5 Å². The molecule has 0 unspecified atom stereocenters. The van der Waals surface area contributed by atoms with E-state index in [0.29, 0.717) is 29.2 Å². The van der Waals surface area contributed by atoms with E-state index in [-0.39, 0.29) is 23.0 Å². The summed E-state index contributed by atoms with van der Waals surface area (Å²) in [6.07, 6.45) is 1.93. The maximum atomic E-state index is 12.6. The van der Waals surface area contributed by atoms with Crippen molar-refractivity contribution >= 4 is 34.8 Å². The van der Waals surface area contributed by atoms with E-state index in [4.69, 9.17) is 17.0 Å². The molecule has 0 bridgehead atoms. The van der Waals surface area contributed by atoms with Crippen LogP contribution in [0.4, 0.5) is 5.69 Å². The topological polar surface area (TPSA) is 79.5 Å². The molecule has 154 valence electrons. The predicted molar refractivity (Wildman–Crippen MR) is 120 cm³/mol. The Morgan fingerprint density at radius 2 is 1.72 bits per heavy atom. The Morgan fingerprint density at radius 3 is 2.38 bits per heavy atom. The molecule has 2 aromatic rings. The van der Waals surface area contributed by atoms with Gasteiger partial charge in [0.2, 0.25) is 0 Å². The zero-order chi connectivity index (χ0) is 21.2. The fourth-order valence-electron chi connectivity index (χ4n) is 2.49. The van der Waals surface area contributed by atoms with Crippen molar-refractivity contribution in [1.82, 2.24) is 10.6 Å². The van der Waals surface area contributed by atoms with Crippen molar-refractivity contribution in [1.29, 1.82) is 0 Å². The molecule has 2 rings (SSSR count). The van der Waals surface area contributed by atoms with Crippen LogP contribution in [0.5, 0.6) is 5.75 Å². The van der Waals surface area contributed by atoms with Gasteiger partial charge in [-0.2, -0.15) is 0 Å². The van der Waals surface area contributed by atoms with Gasteiger partial charge in [-0.1, -0.05) is 25.5 Å². The van der Waals surface area contributed by atoms with E-state index >= 15 is 0 Å². The molecule has 7 heteroatoms. The average molecular weight is 414 g/mol. The summed E-state index contributed by atoms with van der Waals surface area (Å²) in [6, 6.07) is 14.0. The third-order valence-corrected chi connectivity index (χ3v) is 4.14. The van der Waals surface area contributed by atoms with Gasteiger partial charge >= 0.3 is 0 Å². The molecule has 0 aliphatic carbocycles. The fraction of sp³-hybridized carbons (Fsp3) is 0.318. The minimum atomic E-state index is -0.345. The first-order valence-electron chi connectivity index (χ1n) is 9.65. The van der Waals surface area contributed by atoms with Gasteiger partial charge in [-0.15, -0.1) is 0 Å². The highest BCUT2D eigenvalue weighted by Crippen LogP contribution is 2.18. The fourth-order valence-corrected chi connectivity index (χ4v) is 2.70. The molecule has 0 saturated heterocycles. The van der Waals surface area contributed by atoms with Gasteiger partial charge in [0.1, 0.15) is 5.75 Å². The quantitative estimate of drug-likeness (QED) is 0.448. The summed E-state index contributed by atoms with van der Waals surface area (Å²) in [5.41, 5.74) is 1.65. The lowest BCUT2D eigenvalue weighted by Gasteiger charge is -2.13. The third kappa shape index (κ3) is 7.19. The first kappa shape index (κ1) is 22.4. The number of carbonyl (C=O) groups excluding carboxylic acids is 2. The second kappa shape index (κ2) is 11.2. The summed E-state index contributed by atoms with van der Waals surface area (Å²) < 4.78 is 5.70. The first-order chi connectivity index (χ1) is 13.9. The lowest BCUT2D eigenvalue weighted by atomic mass is 10.2. The molecule has 0 aliphatic rings. The number of amides is 2. The molecule has 0 aliphatic heterocycles. The van der Waals surface area contributed by atoms with Gasteiger partial charge in [0.25, 0.3) is 11.8 Å². The van der Waals surface area contributed by atoms with Crippen LogP contribution in [0.25, 0.3) is 0 Å². The molecule has 6 nitrogen and oxygen atoms in total. The lowest BCUT2D eigenvalue weighted by Crippen LogP contribution is -2.34. The summed E-state index contributed by atoms with van der Waals surface area (Å²) in [5.74, 6) is 0.0476. The Labute approximate surface area is 177 Å². The normalized spacial score (nSPS) is 10.3. The number of unbranched alkanes of at least 4 members (excludes halogenated alkanes) is 1. The van der Waals surface area contributed by atoms with E-state index in [1.54, 1.807) is 42.5 Å². The van der Waals surface area contributed by atoms with Crippen molar-refractivity contribution < 1.29 is 14.3 Å². The highest BCUT2D eigenvalue weighted by Gasteiger charge is 2.14. The van der Waals surface area contributed by atoms with E-state index in [0.717, 1.165) is 12.8 Å². The number of hydrogen-bond acceptors (Lipinski definition) is 4. The van der Waals surface area contributed by atoms with Crippen LogP contribution in [0.3, 0.4) is 0 Å². The number of benzene rings is 2. The molecule has 29 heavy (non-hydrogen) atoms. The van der Waals surface area contributed by atoms with Crippen LogP contribution in [-0.2, 0) is 0 Å². The summed E-state index contributed by atoms with van der Waals surface area (Å²) in [5, 5.41) is 8.61. The van der Waals surface area contributed by atoms with Gasteiger partial charge in [-0.25, -0.2) is 0 Å². The number of nitrogens with one attached hydrogen (secondary N) is 3. The molecule has 0 saturated carbocycles. The molecular weight excluding hydrogens is 386 g/mol. The van der Waals surface area contributed by atoms with Crippen molar-refractivity contribution in [3.05, 3.63) is 59.7 Å². The number of thiocarbonyl (C=S) groups is 1. The van der Waals surface area contributed by atoms with Crippen LogP contribution >= 0.6 is 12.2 Å². The zero-order valence-electron chi connectivity index (χ0n) is 17.0. The second-order valence-electron chi connectivity index (χ2n) is 6.81. The minimum absolute atomic E-state index is 0.0666. The Balaban J connectivity index is 1.95.